The van der Waals surface area contributed by atoms with Crippen LogP contribution in [0.15, 0.2) is 24.4 Å². The van der Waals surface area contributed by atoms with Gasteiger partial charge in [0.1, 0.15) is 5.65 Å². The van der Waals surface area contributed by atoms with Crippen LogP contribution < -0.4 is 5.32 Å². The summed E-state index contributed by atoms with van der Waals surface area (Å²) < 4.78 is 1.98. The highest BCUT2D eigenvalue weighted by atomic mass is 35.5. The maximum atomic E-state index is 9.11. The zero-order valence-corrected chi connectivity index (χ0v) is 11.4. The Bertz CT molecular complexity index is 526. The van der Waals surface area contributed by atoms with E-state index < -0.39 is 0 Å². The van der Waals surface area contributed by atoms with Crippen molar-refractivity contribution in [3.8, 4) is 0 Å². The first-order chi connectivity index (χ1) is 8.63. The van der Waals surface area contributed by atoms with Gasteiger partial charge in [-0.3, -0.25) is 0 Å². The van der Waals surface area contributed by atoms with Crippen LogP contribution in [0.3, 0.4) is 0 Å². The Hall–Kier alpha value is -1.10. The van der Waals surface area contributed by atoms with Crippen molar-refractivity contribution in [3.63, 3.8) is 0 Å². The van der Waals surface area contributed by atoms with Crippen LogP contribution in [0.1, 0.15) is 19.5 Å². The molecule has 2 N–H and O–H groups in total. The van der Waals surface area contributed by atoms with Gasteiger partial charge in [0.05, 0.1) is 5.69 Å². The number of aromatic nitrogens is 2. The summed E-state index contributed by atoms with van der Waals surface area (Å²) in [6.07, 6.45) is 1.95. The van der Waals surface area contributed by atoms with Crippen LogP contribution in [0.5, 0.6) is 0 Å². The molecule has 0 spiro atoms. The SMILES string of the molecule is CC(CO)C(C)NCc1c(Cl)nc2ccccn12. The fourth-order valence-corrected chi connectivity index (χ4v) is 2.04. The lowest BCUT2D eigenvalue weighted by atomic mass is 10.1. The second-order valence-electron chi connectivity index (χ2n) is 4.61. The maximum absolute atomic E-state index is 9.11. The minimum Gasteiger partial charge on any atom is -0.396 e. The van der Waals surface area contributed by atoms with Crippen LogP contribution in [0, 0.1) is 5.92 Å². The van der Waals surface area contributed by atoms with E-state index in [1.165, 1.54) is 0 Å². The van der Waals surface area contributed by atoms with Crippen molar-refractivity contribution >= 4 is 17.2 Å². The van der Waals surface area contributed by atoms with E-state index in [1.54, 1.807) is 0 Å². The Morgan fingerprint density at radius 3 is 2.94 bits per heavy atom. The molecule has 0 saturated carbocycles. The van der Waals surface area contributed by atoms with Gasteiger partial charge in [-0.1, -0.05) is 24.6 Å². The van der Waals surface area contributed by atoms with E-state index in [4.69, 9.17) is 16.7 Å². The van der Waals surface area contributed by atoms with Crippen molar-refractivity contribution in [3.05, 3.63) is 35.2 Å². The second-order valence-corrected chi connectivity index (χ2v) is 4.97. The predicted octanol–water partition coefficient (Wildman–Crippen LogP) is 2.09. The molecule has 2 aromatic heterocycles. The number of rotatable bonds is 5. The van der Waals surface area contributed by atoms with Crippen molar-refractivity contribution in [2.24, 2.45) is 5.92 Å². The van der Waals surface area contributed by atoms with Gasteiger partial charge in [-0.05, 0) is 25.0 Å². The van der Waals surface area contributed by atoms with E-state index in [1.807, 2.05) is 35.7 Å². The number of nitrogens with one attached hydrogen (secondary N) is 1. The van der Waals surface area contributed by atoms with Crippen LogP contribution >= 0.6 is 11.6 Å². The molecule has 0 radical (unpaired) electrons. The highest BCUT2D eigenvalue weighted by molar-refractivity contribution is 6.30. The minimum absolute atomic E-state index is 0.176. The zero-order chi connectivity index (χ0) is 13.1. The summed E-state index contributed by atoms with van der Waals surface area (Å²) in [4.78, 5) is 4.30. The number of pyridine rings is 1. The number of hydrogen-bond acceptors (Lipinski definition) is 3. The number of aliphatic hydroxyl groups is 1. The monoisotopic (exact) mass is 267 g/mol. The summed E-state index contributed by atoms with van der Waals surface area (Å²) in [5.74, 6) is 0.211. The molecule has 2 aromatic rings. The zero-order valence-electron chi connectivity index (χ0n) is 10.6. The third-order valence-corrected chi connectivity index (χ3v) is 3.62. The maximum Gasteiger partial charge on any atom is 0.152 e. The predicted molar refractivity (Wildman–Crippen MR) is 72.8 cm³/mol. The molecule has 0 aliphatic rings. The topological polar surface area (TPSA) is 49.6 Å². The van der Waals surface area contributed by atoms with Crippen LogP contribution in [0.25, 0.3) is 5.65 Å². The quantitative estimate of drug-likeness (QED) is 0.872. The number of halogens is 1. The van der Waals surface area contributed by atoms with Gasteiger partial charge in [0.2, 0.25) is 0 Å². The summed E-state index contributed by atoms with van der Waals surface area (Å²) in [5.41, 5.74) is 1.80. The molecule has 0 bridgehead atoms. The molecule has 5 heteroatoms. The van der Waals surface area contributed by atoms with Gasteiger partial charge in [0.15, 0.2) is 5.15 Å². The van der Waals surface area contributed by atoms with E-state index in [9.17, 15) is 0 Å². The third kappa shape index (κ3) is 2.66. The molecule has 0 saturated heterocycles. The Balaban J connectivity index is 2.14. The highest BCUT2D eigenvalue weighted by Crippen LogP contribution is 2.17. The van der Waals surface area contributed by atoms with Crippen molar-refractivity contribution in [2.75, 3.05) is 6.61 Å². The van der Waals surface area contributed by atoms with Crippen molar-refractivity contribution in [1.29, 1.82) is 0 Å². The van der Waals surface area contributed by atoms with E-state index in [0.29, 0.717) is 11.7 Å². The molecular weight excluding hydrogens is 250 g/mol. The fraction of sp³-hybridized carbons (Fsp3) is 0.462. The third-order valence-electron chi connectivity index (χ3n) is 3.31. The van der Waals surface area contributed by atoms with Gasteiger partial charge in [0, 0.05) is 25.4 Å². The van der Waals surface area contributed by atoms with Crippen LogP contribution in [0.2, 0.25) is 5.15 Å². The summed E-state index contributed by atoms with van der Waals surface area (Å²) in [6, 6.07) is 6.04. The van der Waals surface area contributed by atoms with Crippen molar-refractivity contribution in [1.82, 2.24) is 14.7 Å². The molecule has 0 aliphatic heterocycles. The molecule has 0 amide bonds. The van der Waals surface area contributed by atoms with Gasteiger partial charge in [-0.15, -0.1) is 0 Å². The van der Waals surface area contributed by atoms with Gasteiger partial charge < -0.3 is 14.8 Å². The molecular formula is C13H18ClN3O. The number of imidazole rings is 1. The van der Waals surface area contributed by atoms with Crippen molar-refractivity contribution in [2.45, 2.75) is 26.4 Å². The Morgan fingerprint density at radius 2 is 2.22 bits per heavy atom. The van der Waals surface area contributed by atoms with Gasteiger partial charge >= 0.3 is 0 Å². The van der Waals surface area contributed by atoms with E-state index in [0.717, 1.165) is 11.3 Å². The lowest BCUT2D eigenvalue weighted by Gasteiger charge is -2.19. The van der Waals surface area contributed by atoms with Crippen LogP contribution in [-0.2, 0) is 6.54 Å². The average molecular weight is 268 g/mol. The van der Waals surface area contributed by atoms with Crippen LogP contribution in [-0.4, -0.2) is 27.1 Å². The standard InChI is InChI=1S/C13H18ClN3O/c1-9(8-18)10(2)15-7-11-13(14)16-12-5-3-4-6-17(11)12/h3-6,9-10,15,18H,7-8H2,1-2H3. The minimum atomic E-state index is 0.176. The first kappa shape index (κ1) is 13.3. The van der Waals surface area contributed by atoms with E-state index >= 15 is 0 Å². The van der Waals surface area contributed by atoms with E-state index in [2.05, 4.69) is 17.2 Å². The lowest BCUT2D eigenvalue weighted by molar-refractivity contribution is 0.206. The molecule has 0 fully saturated rings. The lowest BCUT2D eigenvalue weighted by Crippen LogP contribution is -2.33. The van der Waals surface area contributed by atoms with E-state index in [-0.39, 0.29) is 18.6 Å². The molecule has 98 valence electrons. The first-order valence-corrected chi connectivity index (χ1v) is 6.47. The summed E-state index contributed by atoms with van der Waals surface area (Å²) >= 11 is 6.14. The van der Waals surface area contributed by atoms with Gasteiger partial charge in [-0.25, -0.2) is 4.98 Å². The summed E-state index contributed by atoms with van der Waals surface area (Å²) in [7, 11) is 0. The molecule has 0 aliphatic carbocycles. The number of aliphatic hydroxyl groups excluding tert-OH is 1. The largest absolute Gasteiger partial charge is 0.396 e. The molecule has 18 heavy (non-hydrogen) atoms. The van der Waals surface area contributed by atoms with Crippen molar-refractivity contribution < 1.29 is 5.11 Å². The number of hydrogen-bond donors (Lipinski definition) is 2. The number of nitrogens with zero attached hydrogens (tertiary/aromatic N) is 2. The highest BCUT2D eigenvalue weighted by Gasteiger charge is 2.14. The average Bonchev–Trinajstić information content (AvgIpc) is 2.70. The molecule has 2 rings (SSSR count). The summed E-state index contributed by atoms with van der Waals surface area (Å²) in [5, 5.41) is 13.0. The van der Waals surface area contributed by atoms with Gasteiger partial charge in [0.25, 0.3) is 0 Å². The first-order valence-electron chi connectivity index (χ1n) is 6.09. The number of fused-ring (bicyclic) bond motifs is 1. The van der Waals surface area contributed by atoms with Gasteiger partial charge in [-0.2, -0.15) is 0 Å². The molecule has 2 unspecified atom stereocenters. The Morgan fingerprint density at radius 1 is 1.44 bits per heavy atom. The Kier molecular flexibility index (Phi) is 4.22. The second kappa shape index (κ2) is 5.69. The molecule has 2 heterocycles. The normalized spacial score (nSPS) is 14.9. The molecule has 4 nitrogen and oxygen atoms in total. The molecule has 2 atom stereocenters. The summed E-state index contributed by atoms with van der Waals surface area (Å²) in [6.45, 7) is 4.87. The molecule has 0 aromatic carbocycles. The Labute approximate surface area is 112 Å². The fourth-order valence-electron chi connectivity index (χ4n) is 1.79. The smallest absolute Gasteiger partial charge is 0.152 e. The van der Waals surface area contributed by atoms with Crippen LogP contribution in [0.4, 0.5) is 0 Å².